The zero-order valence-corrected chi connectivity index (χ0v) is 28.1. The first-order valence-corrected chi connectivity index (χ1v) is 17.2. The van der Waals surface area contributed by atoms with Gasteiger partial charge in [-0.25, -0.2) is 4.79 Å². The van der Waals surface area contributed by atoms with E-state index in [4.69, 9.17) is 9.47 Å². The van der Waals surface area contributed by atoms with E-state index in [2.05, 4.69) is 106 Å². The van der Waals surface area contributed by atoms with Gasteiger partial charge in [0.2, 0.25) is 0 Å². The highest BCUT2D eigenvalue weighted by Crippen LogP contribution is 2.42. The molecule has 6 rings (SSSR count). The first-order chi connectivity index (χ1) is 23.5. The topological polar surface area (TPSA) is 86.3 Å². The highest BCUT2D eigenvalue weighted by molar-refractivity contribution is 5.74. The van der Waals surface area contributed by atoms with E-state index in [1.807, 2.05) is 31.2 Å². The number of nitrogens with zero attached hydrogens (tertiary/aromatic N) is 2. The lowest BCUT2D eigenvalue weighted by Crippen LogP contribution is -2.51. The number of amides is 2. The van der Waals surface area contributed by atoms with Crippen LogP contribution in [0.15, 0.2) is 103 Å². The zero-order chi connectivity index (χ0) is 33.3. The molecule has 0 unspecified atom stereocenters. The fourth-order valence-corrected chi connectivity index (χ4v) is 6.69. The molecular formula is C40H48N4O4. The molecule has 8 nitrogen and oxygen atoms in total. The Hall–Kier alpha value is -4.05. The molecule has 8 heteroatoms. The summed E-state index contributed by atoms with van der Waals surface area (Å²) in [4.78, 5) is 17.0. The molecule has 2 heterocycles. The molecule has 2 saturated heterocycles. The minimum absolute atomic E-state index is 0.0158. The van der Waals surface area contributed by atoms with Gasteiger partial charge in [-0.05, 0) is 52.4 Å². The third-order valence-corrected chi connectivity index (χ3v) is 9.48. The normalized spacial score (nSPS) is 21.9. The largest absolute Gasteiger partial charge is 0.392 e. The van der Waals surface area contributed by atoms with Crippen molar-refractivity contribution in [2.24, 2.45) is 5.92 Å². The monoisotopic (exact) mass is 648 g/mol. The first-order valence-electron chi connectivity index (χ1n) is 17.2. The van der Waals surface area contributed by atoms with E-state index in [-0.39, 0.29) is 30.8 Å². The standard InChI is InChI=1S/C40H48N4O4/c1-3-41-40(46)42-25-32-11-7-12-34(23-32)35-13-8-14-36(24-35)39-47-37(29(2)38(48-39)33-17-15-31(28-45)16-18-33)27-44-21-19-43(20-22-44)26-30-9-5-4-6-10-30/h4-18,23-24,29,37-39,45H,3,19-22,25-28H2,1-2H3,(H2,41,42,46)/t29-,37+,38+,39+/m0/s1. The molecular weight excluding hydrogens is 600 g/mol. The van der Waals surface area contributed by atoms with E-state index < -0.39 is 6.29 Å². The Bertz CT molecular complexity index is 1610. The van der Waals surface area contributed by atoms with Gasteiger partial charge in [-0.2, -0.15) is 0 Å². The SMILES string of the molecule is CCNC(=O)NCc1cccc(-c2cccc([C@@H]3O[C@H](CN4CCN(Cc5ccccc5)CC4)[C@H](C)[C@H](c4ccc(CO)cc4)O3)c2)c1. The number of aliphatic hydroxyl groups excluding tert-OH is 1. The summed E-state index contributed by atoms with van der Waals surface area (Å²) < 4.78 is 13.6. The summed E-state index contributed by atoms with van der Waals surface area (Å²) in [5.74, 6) is 0.126. The van der Waals surface area contributed by atoms with E-state index in [1.54, 1.807) is 0 Å². The van der Waals surface area contributed by atoms with E-state index in [0.717, 1.165) is 72.6 Å². The average Bonchev–Trinajstić information content (AvgIpc) is 3.13. The number of carbonyl (C=O) groups excluding carboxylic acids is 1. The van der Waals surface area contributed by atoms with Gasteiger partial charge in [0, 0.05) is 63.8 Å². The van der Waals surface area contributed by atoms with Crippen molar-refractivity contribution in [1.29, 1.82) is 0 Å². The fraction of sp³-hybridized carbons (Fsp3) is 0.375. The molecule has 3 N–H and O–H groups in total. The van der Waals surface area contributed by atoms with Gasteiger partial charge in [0.1, 0.15) is 0 Å². The lowest BCUT2D eigenvalue weighted by atomic mass is 9.89. The highest BCUT2D eigenvalue weighted by atomic mass is 16.7. The fourth-order valence-electron chi connectivity index (χ4n) is 6.69. The van der Waals surface area contributed by atoms with Crippen molar-refractivity contribution in [1.82, 2.24) is 20.4 Å². The van der Waals surface area contributed by atoms with Crippen molar-refractivity contribution < 1.29 is 19.4 Å². The van der Waals surface area contributed by atoms with Crippen LogP contribution >= 0.6 is 0 Å². The minimum atomic E-state index is -0.532. The molecule has 4 aromatic rings. The molecule has 252 valence electrons. The Labute approximate surface area is 284 Å². The van der Waals surface area contributed by atoms with Gasteiger partial charge >= 0.3 is 6.03 Å². The molecule has 0 radical (unpaired) electrons. The molecule has 48 heavy (non-hydrogen) atoms. The molecule has 2 amide bonds. The van der Waals surface area contributed by atoms with Crippen LogP contribution in [-0.4, -0.2) is 66.3 Å². The second-order valence-corrected chi connectivity index (χ2v) is 12.9. The van der Waals surface area contributed by atoms with E-state index in [9.17, 15) is 9.90 Å². The molecule has 4 atom stereocenters. The minimum Gasteiger partial charge on any atom is -0.392 e. The van der Waals surface area contributed by atoms with Crippen molar-refractivity contribution in [3.8, 4) is 11.1 Å². The zero-order valence-electron chi connectivity index (χ0n) is 28.1. The maximum Gasteiger partial charge on any atom is 0.315 e. The Morgan fingerprint density at radius 3 is 2.17 bits per heavy atom. The van der Waals surface area contributed by atoms with Crippen molar-refractivity contribution >= 4 is 6.03 Å². The van der Waals surface area contributed by atoms with E-state index in [0.29, 0.717) is 13.1 Å². The molecule has 0 spiro atoms. The summed E-state index contributed by atoms with van der Waals surface area (Å²) in [5.41, 5.74) is 7.46. The van der Waals surface area contributed by atoms with Crippen LogP contribution in [0.3, 0.4) is 0 Å². The number of piperazine rings is 1. The molecule has 0 saturated carbocycles. The maximum absolute atomic E-state index is 11.9. The van der Waals surface area contributed by atoms with Crippen LogP contribution < -0.4 is 10.6 Å². The second kappa shape index (κ2) is 16.4. The summed E-state index contributed by atoms with van der Waals surface area (Å²) in [6, 6.07) is 35.3. The summed E-state index contributed by atoms with van der Waals surface area (Å²) in [6.45, 7) is 11.1. The maximum atomic E-state index is 11.9. The number of ether oxygens (including phenoxy) is 2. The Morgan fingerprint density at radius 1 is 0.750 bits per heavy atom. The molecule has 2 aliphatic rings. The number of hydrogen-bond acceptors (Lipinski definition) is 6. The van der Waals surface area contributed by atoms with Gasteiger partial charge in [0.05, 0.1) is 18.8 Å². The van der Waals surface area contributed by atoms with Crippen LogP contribution in [0.1, 0.15) is 54.1 Å². The number of carbonyl (C=O) groups is 1. The van der Waals surface area contributed by atoms with Gasteiger partial charge in [0.25, 0.3) is 0 Å². The number of aliphatic hydroxyl groups is 1. The van der Waals surface area contributed by atoms with Crippen molar-refractivity contribution in [2.45, 2.75) is 52.0 Å². The van der Waals surface area contributed by atoms with E-state index in [1.165, 1.54) is 5.56 Å². The van der Waals surface area contributed by atoms with Crippen LogP contribution in [0.25, 0.3) is 11.1 Å². The average molecular weight is 649 g/mol. The third kappa shape index (κ3) is 8.69. The lowest BCUT2D eigenvalue weighted by molar-refractivity contribution is -0.276. The van der Waals surface area contributed by atoms with Crippen molar-refractivity contribution in [3.63, 3.8) is 0 Å². The first kappa shape index (κ1) is 33.8. The molecule has 0 bridgehead atoms. The quantitative estimate of drug-likeness (QED) is 0.178. The molecule has 2 aliphatic heterocycles. The molecule has 4 aromatic carbocycles. The Balaban J connectivity index is 1.18. The van der Waals surface area contributed by atoms with Crippen LogP contribution in [0.2, 0.25) is 0 Å². The number of hydrogen-bond donors (Lipinski definition) is 3. The number of benzene rings is 4. The Morgan fingerprint density at radius 2 is 1.44 bits per heavy atom. The Kier molecular flexibility index (Phi) is 11.5. The van der Waals surface area contributed by atoms with Crippen LogP contribution in [-0.2, 0) is 29.2 Å². The molecule has 0 aliphatic carbocycles. The predicted molar refractivity (Wildman–Crippen MR) is 189 cm³/mol. The number of rotatable bonds is 11. The third-order valence-electron chi connectivity index (χ3n) is 9.48. The van der Waals surface area contributed by atoms with Crippen LogP contribution in [0.5, 0.6) is 0 Å². The van der Waals surface area contributed by atoms with Gasteiger partial charge in [0.15, 0.2) is 6.29 Å². The summed E-state index contributed by atoms with van der Waals surface area (Å²) >= 11 is 0. The molecule has 2 fully saturated rings. The van der Waals surface area contributed by atoms with Gasteiger partial charge in [-0.15, -0.1) is 0 Å². The van der Waals surface area contributed by atoms with Crippen molar-refractivity contribution in [3.05, 3.63) is 131 Å². The van der Waals surface area contributed by atoms with Gasteiger partial charge < -0.3 is 25.2 Å². The predicted octanol–water partition coefficient (Wildman–Crippen LogP) is 6.27. The summed E-state index contributed by atoms with van der Waals surface area (Å²) in [7, 11) is 0. The lowest BCUT2D eigenvalue weighted by Gasteiger charge is -2.44. The van der Waals surface area contributed by atoms with E-state index >= 15 is 0 Å². The summed E-state index contributed by atoms with van der Waals surface area (Å²) in [5, 5.41) is 15.3. The van der Waals surface area contributed by atoms with Crippen LogP contribution in [0, 0.1) is 5.92 Å². The second-order valence-electron chi connectivity index (χ2n) is 12.9. The van der Waals surface area contributed by atoms with Crippen molar-refractivity contribution in [2.75, 3.05) is 39.3 Å². The smallest absolute Gasteiger partial charge is 0.315 e. The molecule has 0 aromatic heterocycles. The summed E-state index contributed by atoms with van der Waals surface area (Å²) in [6.07, 6.45) is -0.719. The van der Waals surface area contributed by atoms with Gasteiger partial charge in [-0.3, -0.25) is 9.80 Å². The van der Waals surface area contributed by atoms with Crippen LogP contribution in [0.4, 0.5) is 4.79 Å². The highest BCUT2D eigenvalue weighted by Gasteiger charge is 2.39. The van der Waals surface area contributed by atoms with Gasteiger partial charge in [-0.1, -0.05) is 97.9 Å². The number of urea groups is 1. The number of nitrogens with one attached hydrogen (secondary N) is 2.